The maximum absolute atomic E-state index is 4.35. The van der Waals surface area contributed by atoms with Crippen LogP contribution in [-0.2, 0) is 0 Å². The Balaban J connectivity index is 2.04. The quantitative estimate of drug-likeness (QED) is 0.786. The number of pyridine rings is 1. The van der Waals surface area contributed by atoms with E-state index in [1.165, 1.54) is 17.4 Å². The Hall–Kier alpha value is -1.41. The van der Waals surface area contributed by atoms with Crippen molar-refractivity contribution < 1.29 is 0 Å². The maximum atomic E-state index is 4.35. The molecule has 2 atom stereocenters. The Labute approximate surface area is 95.7 Å². The van der Waals surface area contributed by atoms with Crippen LogP contribution in [0.5, 0.6) is 0 Å². The molecule has 3 rings (SSSR count). The van der Waals surface area contributed by atoms with Gasteiger partial charge in [0.15, 0.2) is 0 Å². The lowest BCUT2D eigenvalue weighted by atomic mass is 9.95. The van der Waals surface area contributed by atoms with E-state index in [9.17, 15) is 0 Å². The molecule has 2 unspecified atom stereocenters. The molecule has 2 nitrogen and oxygen atoms in total. The van der Waals surface area contributed by atoms with E-state index < -0.39 is 0 Å². The maximum Gasteiger partial charge on any atom is 0.0702 e. The molecule has 2 heterocycles. The third-order valence-electron chi connectivity index (χ3n) is 3.52. The second kappa shape index (κ2) is 3.87. The van der Waals surface area contributed by atoms with Crippen LogP contribution in [-0.4, -0.2) is 11.5 Å². The molecule has 1 saturated heterocycles. The van der Waals surface area contributed by atoms with Gasteiger partial charge in [0.25, 0.3) is 0 Å². The van der Waals surface area contributed by atoms with Crippen LogP contribution in [0, 0.1) is 5.92 Å². The monoisotopic (exact) mass is 212 g/mol. The molecule has 1 aliphatic rings. The highest BCUT2D eigenvalue weighted by atomic mass is 14.9. The van der Waals surface area contributed by atoms with Gasteiger partial charge in [-0.3, -0.25) is 4.98 Å². The van der Waals surface area contributed by atoms with E-state index in [1.807, 2.05) is 12.3 Å². The van der Waals surface area contributed by atoms with Crippen LogP contribution in [0.15, 0.2) is 36.5 Å². The number of nitrogens with one attached hydrogen (secondary N) is 1. The van der Waals surface area contributed by atoms with Crippen molar-refractivity contribution in [1.82, 2.24) is 10.3 Å². The lowest BCUT2D eigenvalue weighted by Gasteiger charge is -2.16. The molecule has 0 saturated carbocycles. The van der Waals surface area contributed by atoms with Crippen molar-refractivity contribution in [2.75, 3.05) is 6.54 Å². The summed E-state index contributed by atoms with van der Waals surface area (Å²) < 4.78 is 0. The summed E-state index contributed by atoms with van der Waals surface area (Å²) in [5.41, 5.74) is 2.47. The van der Waals surface area contributed by atoms with Crippen molar-refractivity contribution in [3.63, 3.8) is 0 Å². The summed E-state index contributed by atoms with van der Waals surface area (Å²) in [4.78, 5) is 4.35. The first-order valence-corrected chi connectivity index (χ1v) is 5.93. The molecule has 1 aliphatic heterocycles. The Morgan fingerprint density at radius 3 is 3.06 bits per heavy atom. The normalized spacial score (nSPS) is 25.1. The molecule has 0 aliphatic carbocycles. The van der Waals surface area contributed by atoms with Gasteiger partial charge in [0.1, 0.15) is 0 Å². The number of benzene rings is 1. The fourth-order valence-corrected chi connectivity index (χ4v) is 2.57. The zero-order valence-corrected chi connectivity index (χ0v) is 9.48. The minimum atomic E-state index is 0.518. The molecule has 1 fully saturated rings. The molecule has 2 aromatic rings. The van der Waals surface area contributed by atoms with Crippen LogP contribution in [0.25, 0.3) is 10.9 Å². The van der Waals surface area contributed by atoms with E-state index >= 15 is 0 Å². The molecular weight excluding hydrogens is 196 g/mol. The second-order valence-electron chi connectivity index (χ2n) is 4.65. The zero-order valence-electron chi connectivity index (χ0n) is 9.48. The smallest absolute Gasteiger partial charge is 0.0702 e. The van der Waals surface area contributed by atoms with Gasteiger partial charge in [0.05, 0.1) is 5.52 Å². The number of fused-ring (bicyclic) bond motifs is 1. The molecule has 0 radical (unpaired) electrons. The predicted molar refractivity (Wildman–Crippen MR) is 66.3 cm³/mol. The summed E-state index contributed by atoms with van der Waals surface area (Å²) >= 11 is 0. The molecular formula is C14H16N2. The minimum Gasteiger partial charge on any atom is -0.310 e. The highest BCUT2D eigenvalue weighted by molar-refractivity contribution is 5.79. The minimum absolute atomic E-state index is 0.518. The van der Waals surface area contributed by atoms with E-state index in [4.69, 9.17) is 0 Å². The summed E-state index contributed by atoms with van der Waals surface area (Å²) in [6.45, 7) is 3.45. The SMILES string of the molecule is CC1CCNC1c1ccc2ncccc2c1. The number of hydrogen-bond acceptors (Lipinski definition) is 2. The molecule has 2 heteroatoms. The third-order valence-corrected chi connectivity index (χ3v) is 3.52. The van der Waals surface area contributed by atoms with E-state index in [0.717, 1.165) is 18.0 Å². The van der Waals surface area contributed by atoms with Gasteiger partial charge < -0.3 is 5.32 Å². The zero-order chi connectivity index (χ0) is 11.0. The van der Waals surface area contributed by atoms with Crippen molar-refractivity contribution in [2.45, 2.75) is 19.4 Å². The summed E-state index contributed by atoms with van der Waals surface area (Å²) in [5.74, 6) is 0.731. The van der Waals surface area contributed by atoms with Crippen molar-refractivity contribution in [1.29, 1.82) is 0 Å². The van der Waals surface area contributed by atoms with Crippen molar-refractivity contribution >= 4 is 10.9 Å². The van der Waals surface area contributed by atoms with Gasteiger partial charge in [0.2, 0.25) is 0 Å². The first kappa shape index (κ1) is 9.79. The van der Waals surface area contributed by atoms with Crippen LogP contribution in [0.4, 0.5) is 0 Å². The highest BCUT2D eigenvalue weighted by Crippen LogP contribution is 2.30. The molecule has 82 valence electrons. The van der Waals surface area contributed by atoms with Crippen molar-refractivity contribution in [3.8, 4) is 0 Å². The van der Waals surface area contributed by atoms with Crippen molar-refractivity contribution in [3.05, 3.63) is 42.1 Å². The number of aromatic nitrogens is 1. The molecule has 1 aromatic heterocycles. The van der Waals surface area contributed by atoms with Gasteiger partial charge >= 0.3 is 0 Å². The number of rotatable bonds is 1. The van der Waals surface area contributed by atoms with Crippen LogP contribution in [0.2, 0.25) is 0 Å². The molecule has 0 amide bonds. The average Bonchev–Trinajstić information content (AvgIpc) is 2.75. The lowest BCUT2D eigenvalue weighted by molar-refractivity contribution is 0.504. The van der Waals surface area contributed by atoms with E-state index in [2.05, 4.69) is 41.5 Å². The fraction of sp³-hybridized carbons (Fsp3) is 0.357. The third kappa shape index (κ3) is 1.59. The van der Waals surface area contributed by atoms with Gasteiger partial charge in [-0.05, 0) is 42.6 Å². The van der Waals surface area contributed by atoms with Crippen molar-refractivity contribution in [2.24, 2.45) is 5.92 Å². The van der Waals surface area contributed by atoms with E-state index in [0.29, 0.717) is 6.04 Å². The van der Waals surface area contributed by atoms with Crippen LogP contribution in [0.1, 0.15) is 24.9 Å². The standard InChI is InChI=1S/C14H16N2/c1-10-6-8-16-14(10)12-4-5-13-11(9-12)3-2-7-15-13/h2-5,7,9-10,14,16H,6,8H2,1H3. The van der Waals surface area contributed by atoms with E-state index in [1.54, 1.807) is 0 Å². The van der Waals surface area contributed by atoms with Crippen LogP contribution < -0.4 is 5.32 Å². The number of nitrogens with zero attached hydrogens (tertiary/aromatic N) is 1. The summed E-state index contributed by atoms with van der Waals surface area (Å²) in [5, 5.41) is 4.80. The predicted octanol–water partition coefficient (Wildman–Crippen LogP) is 2.91. The Morgan fingerprint density at radius 2 is 2.25 bits per heavy atom. The fourth-order valence-electron chi connectivity index (χ4n) is 2.57. The first-order chi connectivity index (χ1) is 7.84. The molecule has 1 aromatic carbocycles. The Kier molecular flexibility index (Phi) is 2.37. The summed E-state index contributed by atoms with van der Waals surface area (Å²) in [6.07, 6.45) is 3.12. The van der Waals surface area contributed by atoms with Gasteiger partial charge in [0, 0.05) is 17.6 Å². The van der Waals surface area contributed by atoms with Crippen LogP contribution in [0.3, 0.4) is 0 Å². The largest absolute Gasteiger partial charge is 0.310 e. The van der Waals surface area contributed by atoms with Crippen LogP contribution >= 0.6 is 0 Å². The van der Waals surface area contributed by atoms with Gasteiger partial charge in [-0.25, -0.2) is 0 Å². The first-order valence-electron chi connectivity index (χ1n) is 5.93. The highest BCUT2D eigenvalue weighted by Gasteiger charge is 2.24. The summed E-state index contributed by atoms with van der Waals surface area (Å²) in [7, 11) is 0. The lowest BCUT2D eigenvalue weighted by Crippen LogP contribution is -2.16. The Morgan fingerprint density at radius 1 is 1.31 bits per heavy atom. The summed E-state index contributed by atoms with van der Waals surface area (Å²) in [6, 6.07) is 11.2. The van der Waals surface area contributed by atoms with Gasteiger partial charge in [-0.15, -0.1) is 0 Å². The van der Waals surface area contributed by atoms with Gasteiger partial charge in [-0.2, -0.15) is 0 Å². The van der Waals surface area contributed by atoms with Gasteiger partial charge in [-0.1, -0.05) is 19.1 Å². The molecule has 0 bridgehead atoms. The number of hydrogen-bond donors (Lipinski definition) is 1. The average molecular weight is 212 g/mol. The van der Waals surface area contributed by atoms with E-state index in [-0.39, 0.29) is 0 Å². The molecule has 1 N–H and O–H groups in total. The topological polar surface area (TPSA) is 24.9 Å². The molecule has 0 spiro atoms. The molecule has 16 heavy (non-hydrogen) atoms. The Bertz CT molecular complexity index is 507. The second-order valence-corrected chi connectivity index (χ2v) is 4.65.